The van der Waals surface area contributed by atoms with Gasteiger partial charge in [-0.05, 0) is 18.2 Å². The number of carbonyl (C=O) groups is 2. The summed E-state index contributed by atoms with van der Waals surface area (Å²) in [7, 11) is 2.96. The number of esters is 1. The molecule has 1 aromatic rings. The van der Waals surface area contributed by atoms with E-state index in [1.807, 2.05) is 0 Å². The summed E-state index contributed by atoms with van der Waals surface area (Å²) in [5, 5.41) is 0. The summed E-state index contributed by atoms with van der Waals surface area (Å²) in [5.74, 6) is 2.06. The molecule has 0 aliphatic rings. The number of ether oxygens (including phenoxy) is 3. The average Bonchev–Trinajstić information content (AvgIpc) is 2.44. The molecule has 0 aliphatic carbocycles. The van der Waals surface area contributed by atoms with Crippen LogP contribution >= 0.6 is 0 Å². The second-order valence-electron chi connectivity index (χ2n) is 3.53. The molecule has 0 aromatic heterocycles. The van der Waals surface area contributed by atoms with E-state index >= 15 is 0 Å². The topological polar surface area (TPSA) is 61.8 Å². The number of terminal acetylenes is 1. The van der Waals surface area contributed by atoms with Gasteiger partial charge in [-0.3, -0.25) is 9.59 Å². The van der Waals surface area contributed by atoms with Crippen LogP contribution in [0.25, 0.3) is 0 Å². The molecule has 5 heteroatoms. The average molecular weight is 262 g/mol. The first-order valence-electron chi connectivity index (χ1n) is 5.46. The predicted octanol–water partition coefficient (Wildman–Crippen LogP) is 1.45. The molecule has 0 fully saturated rings. The van der Waals surface area contributed by atoms with E-state index in [0.29, 0.717) is 17.1 Å². The van der Waals surface area contributed by atoms with Gasteiger partial charge >= 0.3 is 5.97 Å². The van der Waals surface area contributed by atoms with Gasteiger partial charge in [0.2, 0.25) is 0 Å². The minimum absolute atomic E-state index is 0.141. The maximum absolute atomic E-state index is 11.8. The molecule has 0 N–H and O–H groups in total. The van der Waals surface area contributed by atoms with Crippen molar-refractivity contribution >= 4 is 11.8 Å². The van der Waals surface area contributed by atoms with Crippen LogP contribution < -0.4 is 9.47 Å². The fourth-order valence-electron chi connectivity index (χ4n) is 1.42. The molecule has 0 saturated carbocycles. The van der Waals surface area contributed by atoms with E-state index in [4.69, 9.17) is 15.9 Å². The van der Waals surface area contributed by atoms with Gasteiger partial charge < -0.3 is 14.2 Å². The lowest BCUT2D eigenvalue weighted by Gasteiger charge is -2.08. The van der Waals surface area contributed by atoms with E-state index < -0.39 is 5.97 Å². The Hall–Kier alpha value is -2.48. The SMILES string of the molecule is C#CCOC(=O)CC(=O)c1ccc(OC)c(OC)c1. The Morgan fingerprint density at radius 3 is 2.47 bits per heavy atom. The standard InChI is InChI=1S/C14H14O5/c1-4-7-19-14(16)9-11(15)10-5-6-12(17-2)13(8-10)18-3/h1,5-6,8H,7,9H2,2-3H3. The predicted molar refractivity (Wildman–Crippen MR) is 68.3 cm³/mol. The first kappa shape index (κ1) is 14.6. The van der Waals surface area contributed by atoms with Gasteiger partial charge in [-0.2, -0.15) is 0 Å². The molecule has 0 unspecified atom stereocenters. The van der Waals surface area contributed by atoms with Crippen LogP contribution in [0.2, 0.25) is 0 Å². The fraction of sp³-hybridized carbons (Fsp3) is 0.286. The second kappa shape index (κ2) is 7.07. The van der Waals surface area contributed by atoms with Gasteiger partial charge in [-0.15, -0.1) is 6.42 Å². The van der Waals surface area contributed by atoms with Gasteiger partial charge in [0, 0.05) is 5.56 Å². The summed E-state index contributed by atoms with van der Waals surface area (Å²) in [5.41, 5.74) is 0.343. The normalized spacial score (nSPS) is 9.32. The van der Waals surface area contributed by atoms with Gasteiger partial charge in [0.25, 0.3) is 0 Å². The monoisotopic (exact) mass is 262 g/mol. The lowest BCUT2D eigenvalue weighted by Crippen LogP contribution is -2.11. The molecule has 0 bridgehead atoms. The third-order valence-electron chi connectivity index (χ3n) is 2.33. The quantitative estimate of drug-likeness (QED) is 0.336. The van der Waals surface area contributed by atoms with Crippen LogP contribution in [-0.4, -0.2) is 32.6 Å². The molecule has 0 spiro atoms. The lowest BCUT2D eigenvalue weighted by molar-refractivity contribution is -0.141. The number of carbonyl (C=O) groups excluding carboxylic acids is 2. The molecular formula is C14H14O5. The maximum Gasteiger partial charge on any atom is 0.314 e. The number of benzene rings is 1. The van der Waals surface area contributed by atoms with Gasteiger partial charge in [-0.1, -0.05) is 5.92 Å². The van der Waals surface area contributed by atoms with Crippen molar-refractivity contribution in [1.29, 1.82) is 0 Å². The van der Waals surface area contributed by atoms with Crippen molar-refractivity contribution in [2.45, 2.75) is 6.42 Å². The molecule has 0 heterocycles. The molecule has 0 saturated heterocycles. The van der Waals surface area contributed by atoms with Crippen LogP contribution in [0.1, 0.15) is 16.8 Å². The Kier molecular flexibility index (Phi) is 5.42. The van der Waals surface area contributed by atoms with Crippen molar-refractivity contribution in [3.05, 3.63) is 23.8 Å². The number of Topliss-reactive ketones (excluding diaryl/α,β-unsaturated/α-hetero) is 1. The Bertz CT molecular complexity index is 513. The highest BCUT2D eigenvalue weighted by atomic mass is 16.5. The molecule has 1 aromatic carbocycles. The Morgan fingerprint density at radius 1 is 1.21 bits per heavy atom. The van der Waals surface area contributed by atoms with Gasteiger partial charge in [0.15, 0.2) is 23.9 Å². The highest BCUT2D eigenvalue weighted by Gasteiger charge is 2.15. The molecular weight excluding hydrogens is 248 g/mol. The van der Waals surface area contributed by atoms with Gasteiger partial charge in [0.1, 0.15) is 6.42 Å². The molecule has 19 heavy (non-hydrogen) atoms. The van der Waals surface area contributed by atoms with E-state index in [0.717, 1.165) is 0 Å². The fourth-order valence-corrected chi connectivity index (χ4v) is 1.42. The highest BCUT2D eigenvalue weighted by molar-refractivity contribution is 6.06. The largest absolute Gasteiger partial charge is 0.493 e. The van der Waals surface area contributed by atoms with Crippen LogP contribution in [0.4, 0.5) is 0 Å². The maximum atomic E-state index is 11.8. The number of ketones is 1. The van der Waals surface area contributed by atoms with Crippen LogP contribution in [0.15, 0.2) is 18.2 Å². The zero-order valence-electron chi connectivity index (χ0n) is 10.8. The number of methoxy groups -OCH3 is 2. The van der Waals surface area contributed by atoms with Gasteiger partial charge in [0.05, 0.1) is 14.2 Å². The molecule has 0 amide bonds. The smallest absolute Gasteiger partial charge is 0.314 e. The number of hydrogen-bond acceptors (Lipinski definition) is 5. The summed E-state index contributed by atoms with van der Waals surface area (Å²) in [6, 6.07) is 4.66. The first-order valence-corrected chi connectivity index (χ1v) is 5.46. The zero-order chi connectivity index (χ0) is 14.3. The third-order valence-corrected chi connectivity index (χ3v) is 2.33. The molecule has 100 valence electrons. The molecule has 0 aliphatic heterocycles. The summed E-state index contributed by atoms with van der Waals surface area (Å²) in [6.07, 6.45) is 4.58. The Morgan fingerprint density at radius 2 is 1.89 bits per heavy atom. The first-order chi connectivity index (χ1) is 9.12. The van der Waals surface area contributed by atoms with Crippen molar-refractivity contribution < 1.29 is 23.8 Å². The van der Waals surface area contributed by atoms with Crippen LogP contribution in [0, 0.1) is 12.3 Å². The molecule has 0 atom stereocenters. The van der Waals surface area contributed by atoms with E-state index in [1.165, 1.54) is 20.3 Å². The lowest BCUT2D eigenvalue weighted by atomic mass is 10.1. The van der Waals surface area contributed by atoms with Crippen molar-refractivity contribution in [2.24, 2.45) is 0 Å². The highest BCUT2D eigenvalue weighted by Crippen LogP contribution is 2.27. The molecule has 0 radical (unpaired) electrons. The third kappa shape index (κ3) is 4.03. The van der Waals surface area contributed by atoms with Crippen LogP contribution in [0.5, 0.6) is 11.5 Å². The zero-order valence-corrected chi connectivity index (χ0v) is 10.8. The van der Waals surface area contributed by atoms with Crippen LogP contribution in [-0.2, 0) is 9.53 Å². The van der Waals surface area contributed by atoms with Crippen LogP contribution in [0.3, 0.4) is 0 Å². The minimum Gasteiger partial charge on any atom is -0.493 e. The van der Waals surface area contributed by atoms with Crippen molar-refractivity contribution in [2.75, 3.05) is 20.8 Å². The summed E-state index contributed by atoms with van der Waals surface area (Å²) in [4.78, 5) is 23.1. The van der Waals surface area contributed by atoms with Crippen molar-refractivity contribution in [3.63, 3.8) is 0 Å². The van der Waals surface area contributed by atoms with E-state index in [9.17, 15) is 9.59 Å². The Balaban J connectivity index is 2.78. The summed E-state index contributed by atoms with van der Waals surface area (Å²) < 4.78 is 14.8. The second-order valence-corrected chi connectivity index (χ2v) is 3.53. The van der Waals surface area contributed by atoms with E-state index in [1.54, 1.807) is 12.1 Å². The Labute approximate surface area is 111 Å². The number of rotatable bonds is 6. The van der Waals surface area contributed by atoms with Crippen molar-refractivity contribution in [1.82, 2.24) is 0 Å². The van der Waals surface area contributed by atoms with E-state index in [2.05, 4.69) is 10.7 Å². The van der Waals surface area contributed by atoms with Crippen molar-refractivity contribution in [3.8, 4) is 23.8 Å². The summed E-state index contributed by atoms with van der Waals surface area (Å²) >= 11 is 0. The van der Waals surface area contributed by atoms with Gasteiger partial charge in [-0.25, -0.2) is 0 Å². The summed E-state index contributed by atoms with van der Waals surface area (Å²) in [6.45, 7) is -0.141. The molecule has 1 rings (SSSR count). The number of hydrogen-bond donors (Lipinski definition) is 0. The molecule has 5 nitrogen and oxygen atoms in total. The van der Waals surface area contributed by atoms with E-state index in [-0.39, 0.29) is 18.8 Å². The minimum atomic E-state index is -0.655.